The summed E-state index contributed by atoms with van der Waals surface area (Å²) in [7, 11) is 0. The highest BCUT2D eigenvalue weighted by molar-refractivity contribution is 6.30. The van der Waals surface area contributed by atoms with Gasteiger partial charge in [0.05, 0.1) is 0 Å². The molecule has 1 spiro atoms. The normalized spacial score (nSPS) is 27.8. The van der Waals surface area contributed by atoms with E-state index < -0.39 is 0 Å². The molecule has 1 amide bonds. The lowest BCUT2D eigenvalue weighted by Gasteiger charge is -2.27. The van der Waals surface area contributed by atoms with Gasteiger partial charge in [-0.2, -0.15) is 0 Å². The summed E-state index contributed by atoms with van der Waals surface area (Å²) in [6, 6.07) is 7.90. The number of carbonyl (C=O) groups excluding carboxylic acids is 1. The van der Waals surface area contributed by atoms with E-state index in [0.29, 0.717) is 11.8 Å². The lowest BCUT2D eigenvalue weighted by Crippen LogP contribution is -2.35. The Morgan fingerprint density at radius 2 is 2.05 bits per heavy atom. The van der Waals surface area contributed by atoms with E-state index in [2.05, 4.69) is 16.3 Å². The van der Waals surface area contributed by atoms with Gasteiger partial charge in [-0.05, 0) is 49.3 Å². The minimum atomic E-state index is -0.258. The fourth-order valence-electron chi connectivity index (χ4n) is 3.88. The molecule has 0 aromatic heterocycles. The van der Waals surface area contributed by atoms with Crippen LogP contribution < -0.4 is 5.32 Å². The van der Waals surface area contributed by atoms with Crippen molar-refractivity contribution in [3.63, 3.8) is 0 Å². The molecule has 3 aliphatic rings. The van der Waals surface area contributed by atoms with Gasteiger partial charge in [0.2, 0.25) is 5.91 Å². The zero-order valence-electron chi connectivity index (χ0n) is 12.1. The van der Waals surface area contributed by atoms with Crippen molar-refractivity contribution in [3.05, 3.63) is 34.9 Å². The van der Waals surface area contributed by atoms with Crippen molar-refractivity contribution in [2.24, 2.45) is 5.92 Å². The number of halogens is 1. The predicted molar refractivity (Wildman–Crippen MR) is 83.0 cm³/mol. The van der Waals surface area contributed by atoms with Crippen LogP contribution in [0.1, 0.15) is 50.3 Å². The Kier molecular flexibility index (Phi) is 3.23. The fraction of sp³-hybridized carbons (Fsp3) is 0.588. The minimum absolute atomic E-state index is 0.000648. The van der Waals surface area contributed by atoms with Crippen molar-refractivity contribution in [2.75, 3.05) is 6.54 Å². The molecule has 1 N–H and O–H groups in total. The predicted octanol–water partition coefficient (Wildman–Crippen LogP) is 3.49. The van der Waals surface area contributed by atoms with Crippen LogP contribution in [0.4, 0.5) is 0 Å². The third-order valence-corrected chi connectivity index (χ3v) is 5.47. The van der Waals surface area contributed by atoms with Gasteiger partial charge in [0.1, 0.15) is 11.7 Å². The number of hydrogen-bond acceptors (Lipinski definition) is 2. The Morgan fingerprint density at radius 1 is 1.29 bits per heavy atom. The Bertz CT molecular complexity index is 564. The van der Waals surface area contributed by atoms with Gasteiger partial charge in [0, 0.05) is 11.6 Å². The summed E-state index contributed by atoms with van der Waals surface area (Å²) in [5.41, 5.74) is 0.851. The van der Waals surface area contributed by atoms with Crippen LogP contribution in [-0.2, 0) is 4.79 Å². The number of carbonyl (C=O) groups is 1. The topological polar surface area (TPSA) is 32.3 Å². The monoisotopic (exact) mass is 304 g/mol. The lowest BCUT2D eigenvalue weighted by molar-refractivity contribution is -0.131. The van der Waals surface area contributed by atoms with Gasteiger partial charge in [0.25, 0.3) is 0 Å². The molecular formula is C17H21ClN2O. The van der Waals surface area contributed by atoms with Crippen LogP contribution in [0.5, 0.6) is 0 Å². The van der Waals surface area contributed by atoms with Crippen LogP contribution in [0, 0.1) is 5.92 Å². The summed E-state index contributed by atoms with van der Waals surface area (Å²) < 4.78 is 0. The van der Waals surface area contributed by atoms with Crippen LogP contribution >= 0.6 is 11.6 Å². The molecule has 4 rings (SSSR count). The smallest absolute Gasteiger partial charge is 0.244 e. The zero-order chi connectivity index (χ0) is 14.4. The maximum absolute atomic E-state index is 12.8. The molecule has 0 radical (unpaired) electrons. The average molecular weight is 305 g/mol. The van der Waals surface area contributed by atoms with Crippen molar-refractivity contribution < 1.29 is 4.79 Å². The number of nitrogens with zero attached hydrogens (tertiary/aromatic N) is 1. The maximum Gasteiger partial charge on any atom is 0.244 e. The molecule has 21 heavy (non-hydrogen) atoms. The molecule has 1 aliphatic heterocycles. The summed E-state index contributed by atoms with van der Waals surface area (Å²) in [5, 5.41) is 4.31. The number of benzene rings is 1. The molecule has 3 fully saturated rings. The van der Waals surface area contributed by atoms with Crippen LogP contribution in [0.15, 0.2) is 24.3 Å². The Labute approximate surface area is 130 Å². The number of amides is 1. The molecule has 3 nitrogen and oxygen atoms in total. The summed E-state index contributed by atoms with van der Waals surface area (Å²) in [6.07, 6.45) is 7.10. The number of hydrogen-bond donors (Lipinski definition) is 1. The first-order chi connectivity index (χ1) is 10.2. The van der Waals surface area contributed by atoms with Gasteiger partial charge in [-0.1, -0.05) is 36.6 Å². The summed E-state index contributed by atoms with van der Waals surface area (Å²) >= 11 is 6.13. The van der Waals surface area contributed by atoms with E-state index in [1.54, 1.807) is 0 Å². The fourth-order valence-corrected chi connectivity index (χ4v) is 4.07. The van der Waals surface area contributed by atoms with Crippen molar-refractivity contribution in [1.82, 2.24) is 10.2 Å². The first kappa shape index (κ1) is 13.6. The van der Waals surface area contributed by atoms with Gasteiger partial charge in [-0.15, -0.1) is 0 Å². The molecule has 1 atom stereocenters. The lowest BCUT2D eigenvalue weighted by atomic mass is 10.1. The van der Waals surface area contributed by atoms with E-state index in [9.17, 15) is 4.79 Å². The summed E-state index contributed by atoms with van der Waals surface area (Å²) in [6.45, 7) is 0.894. The van der Waals surface area contributed by atoms with E-state index in [0.717, 1.165) is 30.0 Å². The highest BCUT2D eigenvalue weighted by atomic mass is 35.5. The van der Waals surface area contributed by atoms with Gasteiger partial charge in [-0.25, -0.2) is 0 Å². The molecular weight excluding hydrogens is 284 g/mol. The Hall–Kier alpha value is -1.06. The van der Waals surface area contributed by atoms with Crippen LogP contribution in [0.2, 0.25) is 5.02 Å². The zero-order valence-corrected chi connectivity index (χ0v) is 12.9. The largest absolute Gasteiger partial charge is 0.321 e. The van der Waals surface area contributed by atoms with E-state index >= 15 is 0 Å². The minimum Gasteiger partial charge on any atom is -0.321 e. The first-order valence-corrected chi connectivity index (χ1v) is 8.40. The summed E-state index contributed by atoms with van der Waals surface area (Å²) in [4.78, 5) is 14.9. The first-order valence-electron chi connectivity index (χ1n) is 8.02. The second-order valence-corrected chi connectivity index (χ2v) is 7.23. The van der Waals surface area contributed by atoms with Gasteiger partial charge < -0.3 is 4.90 Å². The Morgan fingerprint density at radius 3 is 2.71 bits per heavy atom. The third kappa shape index (κ3) is 2.36. The second kappa shape index (κ2) is 4.99. The number of nitrogens with one attached hydrogen (secondary N) is 1. The molecule has 0 bridgehead atoms. The highest BCUT2D eigenvalue weighted by Gasteiger charge is 2.59. The molecule has 1 unspecified atom stereocenters. The van der Waals surface area contributed by atoms with Crippen molar-refractivity contribution in [3.8, 4) is 0 Å². The average Bonchev–Trinajstić information content (AvgIpc) is 2.98. The molecule has 1 aromatic carbocycles. The van der Waals surface area contributed by atoms with Crippen LogP contribution in [-0.4, -0.2) is 22.9 Å². The molecule has 1 aromatic rings. The molecule has 4 heteroatoms. The molecule has 1 saturated heterocycles. The standard InChI is InChI=1S/C17H21ClN2O/c18-14-7-3-6-13(10-14)15-19-17(8-9-17)16(21)20(15)11-12-4-1-2-5-12/h3,6-7,10,12,15,19H,1-2,4-5,8-9,11H2. The Balaban J connectivity index is 1.61. The highest BCUT2D eigenvalue weighted by Crippen LogP contribution is 2.46. The van der Waals surface area contributed by atoms with Crippen LogP contribution in [0.3, 0.4) is 0 Å². The quantitative estimate of drug-likeness (QED) is 0.927. The van der Waals surface area contributed by atoms with Crippen molar-refractivity contribution in [1.29, 1.82) is 0 Å². The van der Waals surface area contributed by atoms with E-state index in [4.69, 9.17) is 11.6 Å². The van der Waals surface area contributed by atoms with Gasteiger partial charge in [0.15, 0.2) is 0 Å². The molecule has 112 valence electrons. The van der Waals surface area contributed by atoms with Gasteiger partial charge >= 0.3 is 0 Å². The molecule has 1 heterocycles. The van der Waals surface area contributed by atoms with E-state index in [1.165, 1.54) is 25.7 Å². The maximum atomic E-state index is 12.8. The van der Waals surface area contributed by atoms with E-state index in [-0.39, 0.29) is 11.7 Å². The van der Waals surface area contributed by atoms with E-state index in [1.807, 2.05) is 18.2 Å². The van der Waals surface area contributed by atoms with Crippen molar-refractivity contribution >= 4 is 17.5 Å². The van der Waals surface area contributed by atoms with Crippen LogP contribution in [0.25, 0.3) is 0 Å². The number of rotatable bonds is 3. The third-order valence-electron chi connectivity index (χ3n) is 5.24. The SMILES string of the molecule is O=C1N(CC2CCCC2)C(c2cccc(Cl)c2)NC12CC2. The van der Waals surface area contributed by atoms with Crippen molar-refractivity contribution in [2.45, 2.75) is 50.2 Å². The molecule has 2 aliphatic carbocycles. The second-order valence-electron chi connectivity index (χ2n) is 6.79. The van der Waals surface area contributed by atoms with Gasteiger partial charge in [-0.3, -0.25) is 10.1 Å². The molecule has 2 saturated carbocycles. The summed E-state index contributed by atoms with van der Waals surface area (Å²) in [5.74, 6) is 0.978.